The summed E-state index contributed by atoms with van der Waals surface area (Å²) < 4.78 is 0. The van der Waals surface area contributed by atoms with E-state index in [9.17, 15) is 19.2 Å². The Morgan fingerprint density at radius 3 is 1.67 bits per heavy atom. The summed E-state index contributed by atoms with van der Waals surface area (Å²) in [6.07, 6.45) is 0. The van der Waals surface area contributed by atoms with Gasteiger partial charge in [0.2, 0.25) is 0 Å². The Morgan fingerprint density at radius 2 is 1.33 bits per heavy atom. The first-order valence-electron chi connectivity index (χ1n) is 4.57. The summed E-state index contributed by atoms with van der Waals surface area (Å²) in [6, 6.07) is -0.317. The first kappa shape index (κ1) is 9.82. The molecule has 0 saturated carbocycles. The summed E-state index contributed by atoms with van der Waals surface area (Å²) >= 11 is 0. The maximum Gasteiger partial charge on any atom is 0.284 e. The van der Waals surface area contributed by atoms with Gasteiger partial charge in [-0.25, -0.2) is 0 Å². The number of hydrogen-bond acceptors (Lipinski definition) is 4. The quantitative estimate of drug-likeness (QED) is 0.400. The molecule has 0 radical (unpaired) electrons. The van der Waals surface area contributed by atoms with Gasteiger partial charge in [-0.15, -0.1) is 0 Å². The molecule has 6 heteroatoms. The molecule has 2 saturated heterocycles. The van der Waals surface area contributed by atoms with Crippen molar-refractivity contribution >= 4 is 23.6 Å². The van der Waals surface area contributed by atoms with Gasteiger partial charge in [0.1, 0.15) is 0 Å². The van der Waals surface area contributed by atoms with E-state index >= 15 is 0 Å². The normalized spacial score (nSPS) is 23.7. The number of carbonyl (C=O) groups is 4. The number of amides is 4. The van der Waals surface area contributed by atoms with Crippen LogP contribution in [-0.2, 0) is 19.2 Å². The van der Waals surface area contributed by atoms with Crippen molar-refractivity contribution in [1.29, 1.82) is 0 Å². The maximum absolute atomic E-state index is 11.6. The number of likely N-dealkylation sites (tertiary alicyclic amines) is 2. The largest absolute Gasteiger partial charge is 0.284 e. The van der Waals surface area contributed by atoms with E-state index in [4.69, 9.17) is 0 Å². The number of β-lactam (4-membered cyclic amide) rings is 4. The van der Waals surface area contributed by atoms with Gasteiger partial charge < -0.3 is 0 Å². The maximum atomic E-state index is 11.6. The lowest BCUT2D eigenvalue weighted by Crippen LogP contribution is -2.84. The highest BCUT2D eigenvalue weighted by Gasteiger charge is 2.79. The van der Waals surface area contributed by atoms with Crippen molar-refractivity contribution in [3.63, 3.8) is 0 Å². The molecule has 2 rings (SSSR count). The van der Waals surface area contributed by atoms with Crippen molar-refractivity contribution in [2.75, 3.05) is 7.05 Å². The molecule has 2 aliphatic heterocycles. The number of hydrogen-bond donors (Lipinski definition) is 0. The first-order valence-corrected chi connectivity index (χ1v) is 4.57. The fourth-order valence-corrected chi connectivity index (χ4v) is 1.96. The predicted molar refractivity (Wildman–Crippen MR) is 47.2 cm³/mol. The molecule has 0 N–H and O–H groups in total. The second kappa shape index (κ2) is 2.44. The molecule has 0 aromatic heterocycles. The third kappa shape index (κ3) is 0.726. The number of imide groups is 2. The van der Waals surface area contributed by atoms with Crippen molar-refractivity contribution in [2.45, 2.75) is 19.9 Å². The molecule has 0 aromatic carbocycles. The highest BCUT2D eigenvalue weighted by Crippen LogP contribution is 2.44. The number of rotatable bonds is 1. The Labute approximate surface area is 85.8 Å². The highest BCUT2D eigenvalue weighted by molar-refractivity contribution is 6.52. The van der Waals surface area contributed by atoms with E-state index in [1.165, 1.54) is 7.05 Å². The fraction of sp³-hybridized carbons (Fsp3) is 0.556. The Bertz CT molecular complexity index is 378. The smallest absolute Gasteiger partial charge is 0.282 e. The van der Waals surface area contributed by atoms with E-state index in [0.717, 1.165) is 9.80 Å². The average molecular weight is 210 g/mol. The summed E-state index contributed by atoms with van der Waals surface area (Å²) in [5.74, 6) is -2.79. The van der Waals surface area contributed by atoms with Crippen LogP contribution in [0.5, 0.6) is 0 Å². The van der Waals surface area contributed by atoms with Crippen LogP contribution in [0.2, 0.25) is 0 Å². The van der Waals surface area contributed by atoms with Gasteiger partial charge in [-0.1, -0.05) is 0 Å². The van der Waals surface area contributed by atoms with Crippen LogP contribution in [0.15, 0.2) is 0 Å². The standard InChI is InChI=1S/C9H10N2O4/c1-4(2)11-7(14)9(8(11)15)5(12)10(3)6(9)13/h4H,1-3H3. The van der Waals surface area contributed by atoms with Crippen LogP contribution in [-0.4, -0.2) is 46.5 Å². The van der Waals surface area contributed by atoms with Crippen LogP contribution in [0.25, 0.3) is 0 Å². The molecule has 4 amide bonds. The minimum absolute atomic E-state index is 0.317. The average Bonchev–Trinajstić information content (AvgIpc) is 2.17. The second-order valence-corrected chi connectivity index (χ2v) is 3.99. The van der Waals surface area contributed by atoms with E-state index in [0.29, 0.717) is 0 Å². The van der Waals surface area contributed by atoms with Crippen LogP contribution >= 0.6 is 0 Å². The monoisotopic (exact) mass is 210 g/mol. The number of nitrogens with zero attached hydrogens (tertiary/aromatic N) is 2. The first-order chi connectivity index (χ1) is 6.86. The molecule has 0 aromatic rings. The molecule has 0 aliphatic carbocycles. The zero-order chi connectivity index (χ0) is 11.5. The molecule has 0 unspecified atom stereocenters. The lowest BCUT2D eigenvalue weighted by atomic mass is 9.68. The van der Waals surface area contributed by atoms with E-state index in [-0.39, 0.29) is 6.04 Å². The zero-order valence-corrected chi connectivity index (χ0v) is 8.60. The Morgan fingerprint density at radius 1 is 0.933 bits per heavy atom. The summed E-state index contributed by atoms with van der Waals surface area (Å²) in [5, 5.41) is 0. The molecule has 2 heterocycles. The Hall–Kier alpha value is -1.72. The van der Waals surface area contributed by atoms with Crippen molar-refractivity contribution in [2.24, 2.45) is 5.41 Å². The minimum atomic E-state index is -2.00. The molecule has 2 aliphatic rings. The molecule has 1 spiro atoms. The van der Waals surface area contributed by atoms with Gasteiger partial charge >= 0.3 is 0 Å². The van der Waals surface area contributed by atoms with Crippen molar-refractivity contribution in [3.05, 3.63) is 0 Å². The third-order valence-electron chi connectivity index (χ3n) is 2.85. The van der Waals surface area contributed by atoms with Gasteiger partial charge in [0.25, 0.3) is 29.0 Å². The molecule has 0 atom stereocenters. The van der Waals surface area contributed by atoms with Gasteiger partial charge in [-0.3, -0.25) is 29.0 Å². The van der Waals surface area contributed by atoms with Crippen molar-refractivity contribution in [1.82, 2.24) is 9.80 Å². The number of carbonyl (C=O) groups excluding carboxylic acids is 4. The van der Waals surface area contributed by atoms with E-state index in [2.05, 4.69) is 0 Å². The predicted octanol–water partition coefficient (Wildman–Crippen LogP) is -1.25. The fourth-order valence-electron chi connectivity index (χ4n) is 1.96. The lowest BCUT2D eigenvalue weighted by molar-refractivity contribution is -0.199. The van der Waals surface area contributed by atoms with Crippen LogP contribution in [0, 0.1) is 5.41 Å². The molecular formula is C9H10N2O4. The summed E-state index contributed by atoms with van der Waals surface area (Å²) in [6.45, 7) is 3.31. The highest BCUT2D eigenvalue weighted by atomic mass is 16.2. The Kier molecular flexibility index (Phi) is 1.60. The van der Waals surface area contributed by atoms with Crippen molar-refractivity contribution in [3.8, 4) is 0 Å². The van der Waals surface area contributed by atoms with E-state index < -0.39 is 29.0 Å². The van der Waals surface area contributed by atoms with E-state index in [1.54, 1.807) is 13.8 Å². The zero-order valence-electron chi connectivity index (χ0n) is 8.60. The molecule has 2 fully saturated rings. The molecule has 80 valence electrons. The van der Waals surface area contributed by atoms with Gasteiger partial charge in [-0.2, -0.15) is 0 Å². The second-order valence-electron chi connectivity index (χ2n) is 3.99. The van der Waals surface area contributed by atoms with Crippen molar-refractivity contribution < 1.29 is 19.2 Å². The summed E-state index contributed by atoms with van der Waals surface area (Å²) in [4.78, 5) is 47.8. The van der Waals surface area contributed by atoms with Crippen LogP contribution in [0.4, 0.5) is 0 Å². The van der Waals surface area contributed by atoms with Crippen LogP contribution in [0.3, 0.4) is 0 Å². The molecule has 0 bridgehead atoms. The van der Waals surface area contributed by atoms with Gasteiger partial charge in [-0.05, 0) is 13.8 Å². The van der Waals surface area contributed by atoms with Gasteiger partial charge in [0, 0.05) is 13.1 Å². The molecule has 6 nitrogen and oxygen atoms in total. The summed E-state index contributed by atoms with van der Waals surface area (Å²) in [5.41, 5.74) is -2.00. The van der Waals surface area contributed by atoms with Gasteiger partial charge in [0.15, 0.2) is 0 Å². The van der Waals surface area contributed by atoms with Gasteiger partial charge in [0.05, 0.1) is 0 Å². The van der Waals surface area contributed by atoms with Crippen LogP contribution < -0.4 is 0 Å². The van der Waals surface area contributed by atoms with Crippen LogP contribution in [0.1, 0.15) is 13.8 Å². The SMILES string of the molecule is CC(C)N1C(=O)C2(C(=O)N(C)C2=O)C1=O. The Balaban J connectivity index is 2.37. The lowest BCUT2D eigenvalue weighted by Gasteiger charge is -2.52. The minimum Gasteiger partial charge on any atom is -0.282 e. The topological polar surface area (TPSA) is 74.8 Å². The molecule has 15 heavy (non-hydrogen) atoms. The molecular weight excluding hydrogens is 200 g/mol. The summed E-state index contributed by atoms with van der Waals surface area (Å²) in [7, 11) is 1.26. The van der Waals surface area contributed by atoms with E-state index in [1.807, 2.05) is 0 Å². The third-order valence-corrected chi connectivity index (χ3v) is 2.85.